The first-order valence-electron chi connectivity index (χ1n) is 11.3. The molecule has 0 bridgehead atoms. The van der Waals surface area contributed by atoms with Crippen LogP contribution in [0.15, 0.2) is 54.6 Å². The molecule has 178 valence electrons. The molecule has 2 atom stereocenters. The Morgan fingerprint density at radius 3 is 2.71 bits per heavy atom. The van der Waals surface area contributed by atoms with Gasteiger partial charge >= 0.3 is 0 Å². The molecule has 2 aliphatic rings. The first-order chi connectivity index (χ1) is 16.3. The fourth-order valence-electron chi connectivity index (χ4n) is 4.65. The molecule has 34 heavy (non-hydrogen) atoms. The van der Waals surface area contributed by atoms with Crippen LogP contribution >= 0.6 is 0 Å². The van der Waals surface area contributed by atoms with Crippen molar-refractivity contribution in [1.29, 1.82) is 0 Å². The van der Waals surface area contributed by atoms with Gasteiger partial charge in [0.1, 0.15) is 0 Å². The molecule has 0 spiro atoms. The lowest BCUT2D eigenvalue weighted by Crippen LogP contribution is -2.44. The number of hydrogen-bond donors (Lipinski definition) is 2. The Kier molecular flexibility index (Phi) is 6.49. The van der Waals surface area contributed by atoms with Crippen molar-refractivity contribution in [2.75, 3.05) is 23.0 Å². The van der Waals surface area contributed by atoms with E-state index in [9.17, 15) is 24.8 Å². The number of hydrogen-bond acceptors (Lipinski definition) is 6. The molecule has 2 heterocycles. The van der Waals surface area contributed by atoms with Gasteiger partial charge in [0.05, 0.1) is 17.2 Å². The van der Waals surface area contributed by atoms with Gasteiger partial charge in [-0.05, 0) is 36.6 Å². The van der Waals surface area contributed by atoms with Gasteiger partial charge in [-0.25, -0.2) is 0 Å². The van der Waals surface area contributed by atoms with Crippen LogP contribution < -0.4 is 9.80 Å². The van der Waals surface area contributed by atoms with Gasteiger partial charge in [-0.2, -0.15) is 0 Å². The average Bonchev–Trinajstić information content (AvgIpc) is 3.35. The van der Waals surface area contributed by atoms with Crippen molar-refractivity contribution >= 4 is 28.9 Å². The van der Waals surface area contributed by atoms with Crippen LogP contribution in [0, 0.1) is 16.0 Å². The molecule has 0 aliphatic carbocycles. The highest BCUT2D eigenvalue weighted by Gasteiger charge is 2.53. The lowest BCUT2D eigenvalue weighted by Gasteiger charge is -2.27. The Labute approximate surface area is 197 Å². The third-order valence-electron chi connectivity index (χ3n) is 6.48. The van der Waals surface area contributed by atoms with E-state index in [1.165, 1.54) is 23.1 Å². The van der Waals surface area contributed by atoms with E-state index in [0.29, 0.717) is 25.1 Å². The second kappa shape index (κ2) is 9.36. The van der Waals surface area contributed by atoms with Gasteiger partial charge in [0.15, 0.2) is 5.60 Å². The van der Waals surface area contributed by atoms with Crippen LogP contribution in [-0.2, 0) is 21.7 Å². The number of aliphatic hydroxyl groups is 2. The predicted molar refractivity (Wildman–Crippen MR) is 126 cm³/mol. The topological polar surface area (TPSA) is 124 Å². The molecule has 1 fully saturated rings. The van der Waals surface area contributed by atoms with Gasteiger partial charge in [0, 0.05) is 48.9 Å². The maximum absolute atomic E-state index is 13.6. The standard InChI is InChI=1S/C25H27N3O6/c1-17(6-2-3-13-29)25(32)21-15-20(28(33)34)10-11-22(21)27(24(25)31)16-18-7-4-8-19(14-18)26-12-5-9-23(26)30/h2,4,6-8,10-11,14-15,17,29,32H,3,5,9,12-13,16H2,1H3/b6-2+/t17-,25+/m1/s1. The van der Waals surface area contributed by atoms with Crippen LogP contribution in [0.1, 0.15) is 37.3 Å². The molecule has 0 unspecified atom stereocenters. The van der Waals surface area contributed by atoms with E-state index in [-0.39, 0.29) is 30.3 Å². The van der Waals surface area contributed by atoms with Gasteiger partial charge < -0.3 is 20.0 Å². The first kappa shape index (κ1) is 23.6. The van der Waals surface area contributed by atoms with Crippen LogP contribution in [-0.4, -0.2) is 40.1 Å². The molecule has 2 aromatic rings. The Morgan fingerprint density at radius 2 is 2.03 bits per heavy atom. The summed E-state index contributed by atoms with van der Waals surface area (Å²) < 4.78 is 0. The number of amides is 2. The van der Waals surface area contributed by atoms with Crippen molar-refractivity contribution in [1.82, 2.24) is 0 Å². The number of non-ortho nitro benzene ring substituents is 1. The minimum atomic E-state index is -1.99. The highest BCUT2D eigenvalue weighted by Crippen LogP contribution is 2.47. The number of nitrogens with zero attached hydrogens (tertiary/aromatic N) is 3. The molecule has 0 saturated carbocycles. The number of benzene rings is 2. The van der Waals surface area contributed by atoms with Gasteiger partial charge in [-0.1, -0.05) is 31.2 Å². The first-order valence-corrected chi connectivity index (χ1v) is 11.3. The van der Waals surface area contributed by atoms with Crippen molar-refractivity contribution in [2.24, 2.45) is 5.92 Å². The average molecular weight is 466 g/mol. The minimum Gasteiger partial charge on any atom is -0.396 e. The molecule has 1 saturated heterocycles. The second-order valence-electron chi connectivity index (χ2n) is 8.66. The summed E-state index contributed by atoms with van der Waals surface area (Å²) in [5.41, 5.74) is -0.0981. The molecule has 2 amide bonds. The predicted octanol–water partition coefficient (Wildman–Crippen LogP) is 3.03. The Hall–Kier alpha value is -3.56. The summed E-state index contributed by atoms with van der Waals surface area (Å²) >= 11 is 0. The minimum absolute atomic E-state index is 0.0601. The van der Waals surface area contributed by atoms with Crippen molar-refractivity contribution in [3.63, 3.8) is 0 Å². The van der Waals surface area contributed by atoms with E-state index >= 15 is 0 Å². The van der Waals surface area contributed by atoms with Gasteiger partial charge in [0.2, 0.25) is 5.91 Å². The zero-order valence-electron chi connectivity index (χ0n) is 18.9. The molecule has 9 heteroatoms. The Bertz CT molecular complexity index is 1160. The summed E-state index contributed by atoms with van der Waals surface area (Å²) in [7, 11) is 0. The quantitative estimate of drug-likeness (QED) is 0.351. The highest BCUT2D eigenvalue weighted by atomic mass is 16.6. The van der Waals surface area contributed by atoms with Crippen LogP contribution in [0.2, 0.25) is 0 Å². The molecule has 9 nitrogen and oxygen atoms in total. The van der Waals surface area contributed by atoms with E-state index in [2.05, 4.69) is 0 Å². The van der Waals surface area contributed by atoms with Crippen molar-refractivity contribution in [3.05, 3.63) is 75.9 Å². The van der Waals surface area contributed by atoms with Crippen LogP contribution in [0.3, 0.4) is 0 Å². The molecule has 2 N–H and O–H groups in total. The summed E-state index contributed by atoms with van der Waals surface area (Å²) in [6.45, 7) is 2.38. The van der Waals surface area contributed by atoms with E-state index in [0.717, 1.165) is 17.7 Å². The fraction of sp³-hybridized carbons (Fsp3) is 0.360. The molecule has 0 radical (unpaired) electrons. The number of rotatable bonds is 8. The lowest BCUT2D eigenvalue weighted by atomic mass is 9.82. The normalized spacial score (nSPS) is 20.9. The number of nitro groups is 1. The summed E-state index contributed by atoms with van der Waals surface area (Å²) in [6, 6.07) is 11.4. The van der Waals surface area contributed by atoms with Crippen molar-refractivity contribution in [3.8, 4) is 0 Å². The number of aliphatic hydroxyl groups excluding tert-OH is 1. The molecule has 2 aromatic carbocycles. The molecule has 4 rings (SSSR count). The summed E-state index contributed by atoms with van der Waals surface area (Å²) in [4.78, 5) is 39.7. The maximum Gasteiger partial charge on any atom is 0.269 e. The lowest BCUT2D eigenvalue weighted by molar-refractivity contribution is -0.385. The fourth-order valence-corrected chi connectivity index (χ4v) is 4.65. The van der Waals surface area contributed by atoms with Crippen LogP contribution in [0.5, 0.6) is 0 Å². The largest absolute Gasteiger partial charge is 0.396 e. The van der Waals surface area contributed by atoms with E-state index in [1.807, 2.05) is 24.3 Å². The summed E-state index contributed by atoms with van der Waals surface area (Å²) in [5.74, 6) is -1.21. The number of carbonyl (C=O) groups excluding carboxylic acids is 2. The Morgan fingerprint density at radius 1 is 1.24 bits per heavy atom. The SMILES string of the molecule is C[C@H](/C=C/CCO)[C@@]1(O)C(=O)N(Cc2cccc(N3CCCC3=O)c2)c2ccc([N+](=O)[O-])cc21. The van der Waals surface area contributed by atoms with Gasteiger partial charge in [-0.15, -0.1) is 0 Å². The van der Waals surface area contributed by atoms with Gasteiger partial charge in [0.25, 0.3) is 11.6 Å². The molecule has 2 aliphatic heterocycles. The van der Waals surface area contributed by atoms with Gasteiger partial charge in [-0.3, -0.25) is 19.7 Å². The number of anilines is 2. The smallest absolute Gasteiger partial charge is 0.269 e. The van der Waals surface area contributed by atoms with Crippen molar-refractivity contribution < 1.29 is 24.7 Å². The van der Waals surface area contributed by atoms with E-state index in [4.69, 9.17) is 5.11 Å². The zero-order chi connectivity index (χ0) is 24.5. The number of carbonyl (C=O) groups is 2. The highest BCUT2D eigenvalue weighted by molar-refractivity contribution is 6.07. The summed E-state index contributed by atoms with van der Waals surface area (Å²) in [5, 5.41) is 32.1. The van der Waals surface area contributed by atoms with E-state index in [1.54, 1.807) is 24.0 Å². The Balaban J connectivity index is 1.71. The number of nitro benzene ring substituents is 1. The van der Waals surface area contributed by atoms with E-state index < -0.39 is 22.3 Å². The monoisotopic (exact) mass is 465 g/mol. The maximum atomic E-state index is 13.6. The molecule has 0 aromatic heterocycles. The third-order valence-corrected chi connectivity index (χ3v) is 6.48. The molecular weight excluding hydrogens is 438 g/mol. The third kappa shape index (κ3) is 4.08. The second-order valence-corrected chi connectivity index (χ2v) is 8.66. The number of fused-ring (bicyclic) bond motifs is 1. The molecular formula is C25H27N3O6. The zero-order valence-corrected chi connectivity index (χ0v) is 18.9. The van der Waals surface area contributed by atoms with Crippen LogP contribution in [0.25, 0.3) is 0 Å². The van der Waals surface area contributed by atoms with Crippen LogP contribution in [0.4, 0.5) is 17.1 Å². The van der Waals surface area contributed by atoms with Crippen molar-refractivity contribution in [2.45, 2.75) is 38.3 Å². The summed E-state index contributed by atoms with van der Waals surface area (Å²) in [6.07, 6.45) is 4.98.